The van der Waals surface area contributed by atoms with Gasteiger partial charge in [0, 0.05) is 5.57 Å². The molecule has 0 bridgehead atoms. The molecule has 0 aliphatic heterocycles. The summed E-state index contributed by atoms with van der Waals surface area (Å²) in [6.45, 7) is 1.45. The van der Waals surface area contributed by atoms with Crippen molar-refractivity contribution < 1.29 is 19.0 Å². The molecule has 0 fully saturated rings. The predicted molar refractivity (Wildman–Crippen MR) is 54.2 cm³/mol. The molecule has 80 valence electrons. The van der Waals surface area contributed by atoms with Gasteiger partial charge in [-0.2, -0.15) is 0 Å². The Bertz CT molecular complexity index is 410. The second kappa shape index (κ2) is 4.59. The lowest BCUT2D eigenvalue weighted by atomic mass is 10.1. The van der Waals surface area contributed by atoms with E-state index in [0.29, 0.717) is 5.56 Å². The summed E-state index contributed by atoms with van der Waals surface area (Å²) in [6.07, 6.45) is 1.39. The van der Waals surface area contributed by atoms with Crippen molar-refractivity contribution in [1.82, 2.24) is 0 Å². The van der Waals surface area contributed by atoms with Gasteiger partial charge in [-0.3, -0.25) is 0 Å². The second-order valence-corrected chi connectivity index (χ2v) is 3.03. The smallest absolute Gasteiger partial charge is 0.331 e. The van der Waals surface area contributed by atoms with Gasteiger partial charge in [0.15, 0.2) is 11.6 Å². The normalized spacial score (nSPS) is 11.3. The molecule has 1 aromatic rings. The van der Waals surface area contributed by atoms with Gasteiger partial charge in [-0.25, -0.2) is 9.18 Å². The number of carboxylic acid groups (broad SMARTS) is 1. The molecule has 0 saturated heterocycles. The lowest BCUT2D eigenvalue weighted by Crippen LogP contribution is -1.95. The van der Waals surface area contributed by atoms with E-state index in [1.165, 1.54) is 32.2 Å². The van der Waals surface area contributed by atoms with Crippen LogP contribution in [0.25, 0.3) is 6.08 Å². The average Bonchev–Trinajstić information content (AvgIpc) is 2.18. The summed E-state index contributed by atoms with van der Waals surface area (Å²) in [5.74, 6) is -1.39. The van der Waals surface area contributed by atoms with E-state index in [2.05, 4.69) is 0 Å². The average molecular weight is 210 g/mol. The molecule has 0 aromatic heterocycles. The molecule has 3 nitrogen and oxygen atoms in total. The topological polar surface area (TPSA) is 46.5 Å². The maximum Gasteiger partial charge on any atom is 0.331 e. The van der Waals surface area contributed by atoms with Crippen molar-refractivity contribution in [3.8, 4) is 5.75 Å². The summed E-state index contributed by atoms with van der Waals surface area (Å²) in [5.41, 5.74) is 0.646. The van der Waals surface area contributed by atoms with E-state index in [1.54, 1.807) is 6.07 Å². The Kier molecular flexibility index (Phi) is 3.44. The van der Waals surface area contributed by atoms with E-state index in [9.17, 15) is 9.18 Å². The summed E-state index contributed by atoms with van der Waals surface area (Å²) in [5, 5.41) is 8.63. The van der Waals surface area contributed by atoms with E-state index in [1.807, 2.05) is 0 Å². The third-order valence-corrected chi connectivity index (χ3v) is 1.90. The lowest BCUT2D eigenvalue weighted by molar-refractivity contribution is -0.132. The molecule has 0 unspecified atom stereocenters. The van der Waals surface area contributed by atoms with Crippen LogP contribution >= 0.6 is 0 Å². The number of carbonyl (C=O) groups is 1. The zero-order valence-corrected chi connectivity index (χ0v) is 8.45. The number of carboxylic acids is 1. The third-order valence-electron chi connectivity index (χ3n) is 1.90. The van der Waals surface area contributed by atoms with Gasteiger partial charge in [-0.05, 0) is 30.7 Å². The highest BCUT2D eigenvalue weighted by Gasteiger charge is 2.04. The molecule has 1 rings (SSSR count). The largest absolute Gasteiger partial charge is 0.494 e. The SMILES string of the molecule is COc1ccc(C=C(C)C(=O)O)cc1F. The predicted octanol–water partition coefficient (Wildman–Crippen LogP) is 2.32. The van der Waals surface area contributed by atoms with E-state index in [4.69, 9.17) is 9.84 Å². The lowest BCUT2D eigenvalue weighted by Gasteiger charge is -2.02. The van der Waals surface area contributed by atoms with Gasteiger partial charge in [-0.1, -0.05) is 6.07 Å². The van der Waals surface area contributed by atoms with E-state index < -0.39 is 11.8 Å². The standard InChI is InChI=1S/C11H11FO3/c1-7(11(13)14)5-8-3-4-10(15-2)9(12)6-8/h3-6H,1-2H3,(H,13,14). The minimum Gasteiger partial charge on any atom is -0.494 e. The third kappa shape index (κ3) is 2.80. The Morgan fingerprint density at radius 1 is 1.53 bits per heavy atom. The Morgan fingerprint density at radius 2 is 2.20 bits per heavy atom. The monoisotopic (exact) mass is 210 g/mol. The summed E-state index contributed by atoms with van der Waals surface area (Å²) < 4.78 is 17.9. The van der Waals surface area contributed by atoms with Crippen LogP contribution in [0.5, 0.6) is 5.75 Å². The first-order chi connectivity index (χ1) is 7.04. The van der Waals surface area contributed by atoms with Crippen LogP contribution in [0, 0.1) is 5.82 Å². The molecule has 0 amide bonds. The van der Waals surface area contributed by atoms with Crippen molar-refractivity contribution in [2.45, 2.75) is 6.92 Å². The molecular weight excluding hydrogens is 199 g/mol. The summed E-state index contributed by atoms with van der Waals surface area (Å²) in [6, 6.07) is 4.27. The van der Waals surface area contributed by atoms with Gasteiger partial charge >= 0.3 is 5.97 Å². The van der Waals surface area contributed by atoms with Crippen LogP contribution in [0.15, 0.2) is 23.8 Å². The Morgan fingerprint density at radius 3 is 2.67 bits per heavy atom. The zero-order valence-electron chi connectivity index (χ0n) is 8.45. The first-order valence-corrected chi connectivity index (χ1v) is 4.29. The number of ether oxygens (including phenoxy) is 1. The van der Waals surface area contributed by atoms with Gasteiger partial charge < -0.3 is 9.84 Å². The fraction of sp³-hybridized carbons (Fsp3) is 0.182. The van der Waals surface area contributed by atoms with E-state index >= 15 is 0 Å². The van der Waals surface area contributed by atoms with Gasteiger partial charge in [0.2, 0.25) is 0 Å². The highest BCUT2D eigenvalue weighted by atomic mass is 19.1. The number of benzene rings is 1. The highest BCUT2D eigenvalue weighted by Crippen LogP contribution is 2.19. The molecule has 1 N–H and O–H groups in total. The van der Waals surface area contributed by atoms with Crippen molar-refractivity contribution in [2.24, 2.45) is 0 Å². The first kappa shape index (κ1) is 11.2. The second-order valence-electron chi connectivity index (χ2n) is 3.03. The Labute approximate surface area is 86.8 Å². The van der Waals surface area contributed by atoms with Gasteiger partial charge in [0.1, 0.15) is 0 Å². The Hall–Kier alpha value is -1.84. The van der Waals surface area contributed by atoms with Crippen molar-refractivity contribution in [3.05, 3.63) is 35.2 Å². The van der Waals surface area contributed by atoms with Gasteiger partial charge in [-0.15, -0.1) is 0 Å². The van der Waals surface area contributed by atoms with Crippen LogP contribution in [0.1, 0.15) is 12.5 Å². The Balaban J connectivity index is 3.03. The number of aliphatic carboxylic acids is 1. The molecule has 0 saturated carbocycles. The molecule has 0 spiro atoms. The van der Waals surface area contributed by atoms with Crippen molar-refractivity contribution in [3.63, 3.8) is 0 Å². The molecule has 0 aliphatic carbocycles. The first-order valence-electron chi connectivity index (χ1n) is 4.29. The molecule has 15 heavy (non-hydrogen) atoms. The maximum absolute atomic E-state index is 13.2. The maximum atomic E-state index is 13.2. The molecule has 0 aliphatic rings. The summed E-state index contributed by atoms with van der Waals surface area (Å²) in [7, 11) is 1.37. The minimum absolute atomic E-state index is 0.139. The molecule has 4 heteroatoms. The molecule has 1 aromatic carbocycles. The molecular formula is C11H11FO3. The van der Waals surface area contributed by atoms with Crippen LogP contribution in [0.4, 0.5) is 4.39 Å². The van der Waals surface area contributed by atoms with Crippen LogP contribution in [-0.4, -0.2) is 18.2 Å². The van der Waals surface area contributed by atoms with Gasteiger partial charge in [0.25, 0.3) is 0 Å². The van der Waals surface area contributed by atoms with Crippen molar-refractivity contribution in [2.75, 3.05) is 7.11 Å². The molecule has 0 atom stereocenters. The highest BCUT2D eigenvalue weighted by molar-refractivity contribution is 5.91. The minimum atomic E-state index is -1.02. The van der Waals surface area contributed by atoms with Crippen LogP contribution < -0.4 is 4.74 Å². The summed E-state index contributed by atoms with van der Waals surface area (Å²) >= 11 is 0. The van der Waals surface area contributed by atoms with E-state index in [0.717, 1.165) is 0 Å². The number of rotatable bonds is 3. The fourth-order valence-electron chi connectivity index (χ4n) is 1.08. The van der Waals surface area contributed by atoms with Crippen LogP contribution in [-0.2, 0) is 4.79 Å². The summed E-state index contributed by atoms with van der Waals surface area (Å²) in [4.78, 5) is 10.5. The van der Waals surface area contributed by atoms with Gasteiger partial charge in [0.05, 0.1) is 7.11 Å². The van der Waals surface area contributed by atoms with E-state index in [-0.39, 0.29) is 11.3 Å². The number of halogens is 1. The van der Waals surface area contributed by atoms with Crippen LogP contribution in [0.3, 0.4) is 0 Å². The number of hydrogen-bond donors (Lipinski definition) is 1. The fourth-order valence-corrected chi connectivity index (χ4v) is 1.08. The number of hydrogen-bond acceptors (Lipinski definition) is 2. The zero-order chi connectivity index (χ0) is 11.4. The number of methoxy groups -OCH3 is 1. The van der Waals surface area contributed by atoms with Crippen LogP contribution in [0.2, 0.25) is 0 Å². The van der Waals surface area contributed by atoms with Crippen molar-refractivity contribution >= 4 is 12.0 Å². The molecule has 0 heterocycles. The quantitative estimate of drug-likeness (QED) is 0.779. The van der Waals surface area contributed by atoms with Crippen molar-refractivity contribution in [1.29, 1.82) is 0 Å². The molecule has 0 radical (unpaired) electrons.